The van der Waals surface area contributed by atoms with E-state index in [0.29, 0.717) is 37.6 Å². The smallest absolute Gasteiger partial charge is 0.416 e. The summed E-state index contributed by atoms with van der Waals surface area (Å²) in [5, 5.41) is 2.72. The number of rotatable bonds is 5. The molecular weight excluding hydrogens is 399 g/mol. The van der Waals surface area contributed by atoms with Crippen LogP contribution in [0, 0.1) is 0 Å². The lowest BCUT2D eigenvalue weighted by atomic mass is 10.1. The van der Waals surface area contributed by atoms with Gasteiger partial charge in [-0.15, -0.1) is 0 Å². The van der Waals surface area contributed by atoms with Gasteiger partial charge in [-0.3, -0.25) is 9.69 Å². The van der Waals surface area contributed by atoms with Crippen LogP contribution in [0.25, 0.3) is 0 Å². The van der Waals surface area contributed by atoms with E-state index in [1.807, 2.05) is 9.80 Å². The van der Waals surface area contributed by atoms with Gasteiger partial charge >= 0.3 is 12.1 Å². The predicted octanol–water partition coefficient (Wildman–Crippen LogP) is 3.25. The molecule has 0 unspecified atom stereocenters. The van der Waals surface area contributed by atoms with Gasteiger partial charge in [0.25, 0.3) is 0 Å². The summed E-state index contributed by atoms with van der Waals surface area (Å²) >= 11 is 0. The first-order valence-electron chi connectivity index (χ1n) is 9.39. The van der Waals surface area contributed by atoms with Gasteiger partial charge in [0.2, 0.25) is 5.91 Å². The minimum atomic E-state index is -4.38. The molecule has 0 aromatic heterocycles. The van der Waals surface area contributed by atoms with E-state index in [1.54, 1.807) is 30.3 Å². The molecule has 30 heavy (non-hydrogen) atoms. The largest absolute Gasteiger partial charge is 0.465 e. The van der Waals surface area contributed by atoms with Crippen molar-refractivity contribution in [3.63, 3.8) is 0 Å². The van der Waals surface area contributed by atoms with Crippen LogP contribution in [0.4, 0.5) is 24.5 Å². The number of ether oxygens (including phenoxy) is 1. The molecule has 0 bridgehead atoms. The summed E-state index contributed by atoms with van der Waals surface area (Å²) in [5.41, 5.74) is 0.478. The Morgan fingerprint density at radius 3 is 2.40 bits per heavy atom. The van der Waals surface area contributed by atoms with E-state index in [2.05, 4.69) is 5.32 Å². The minimum Gasteiger partial charge on any atom is -0.465 e. The molecule has 1 fully saturated rings. The standard InChI is InChI=1S/C21H22F3N3O3/c1-30-20(29)17-7-2-3-8-18(17)25-19(28)14-26-9-11-27(12-10-26)16-6-4-5-15(13-16)21(22,23)24/h2-8,13H,9-12,14H2,1H3,(H,25,28). The molecule has 1 amide bonds. The van der Waals surface area contributed by atoms with E-state index < -0.39 is 17.7 Å². The zero-order valence-electron chi connectivity index (χ0n) is 16.4. The highest BCUT2D eigenvalue weighted by atomic mass is 19.4. The second kappa shape index (κ2) is 9.17. The third-order valence-corrected chi connectivity index (χ3v) is 4.88. The lowest BCUT2D eigenvalue weighted by Gasteiger charge is -2.36. The lowest BCUT2D eigenvalue weighted by Crippen LogP contribution is -2.48. The molecule has 160 valence electrons. The van der Waals surface area contributed by atoms with Crippen molar-refractivity contribution >= 4 is 23.3 Å². The van der Waals surface area contributed by atoms with Crippen LogP contribution in [0.2, 0.25) is 0 Å². The number of esters is 1. The molecule has 1 N–H and O–H groups in total. The number of amides is 1. The van der Waals surface area contributed by atoms with Crippen molar-refractivity contribution in [3.8, 4) is 0 Å². The van der Waals surface area contributed by atoms with Crippen LogP contribution >= 0.6 is 0 Å². The molecule has 1 aliphatic heterocycles. The summed E-state index contributed by atoms with van der Waals surface area (Å²) in [6.07, 6.45) is -4.38. The third-order valence-electron chi connectivity index (χ3n) is 4.88. The summed E-state index contributed by atoms with van der Waals surface area (Å²) in [4.78, 5) is 28.0. The fourth-order valence-corrected chi connectivity index (χ4v) is 3.32. The van der Waals surface area contributed by atoms with Gasteiger partial charge in [-0.2, -0.15) is 13.2 Å². The summed E-state index contributed by atoms with van der Waals surface area (Å²) in [6, 6.07) is 11.8. The molecule has 0 radical (unpaired) electrons. The number of halogens is 3. The SMILES string of the molecule is COC(=O)c1ccccc1NC(=O)CN1CCN(c2cccc(C(F)(F)F)c2)CC1. The van der Waals surface area contributed by atoms with Crippen LogP contribution in [0.15, 0.2) is 48.5 Å². The van der Waals surface area contributed by atoms with E-state index in [1.165, 1.54) is 13.2 Å². The third kappa shape index (κ3) is 5.29. The molecule has 2 aromatic carbocycles. The van der Waals surface area contributed by atoms with Crippen molar-refractivity contribution in [1.82, 2.24) is 4.90 Å². The van der Waals surface area contributed by atoms with Gasteiger partial charge in [-0.05, 0) is 30.3 Å². The highest BCUT2D eigenvalue weighted by Crippen LogP contribution is 2.31. The Morgan fingerprint density at radius 1 is 1.03 bits per heavy atom. The van der Waals surface area contributed by atoms with Crippen molar-refractivity contribution < 1.29 is 27.5 Å². The van der Waals surface area contributed by atoms with Crippen LogP contribution < -0.4 is 10.2 Å². The Kier molecular flexibility index (Phi) is 6.61. The number of methoxy groups -OCH3 is 1. The van der Waals surface area contributed by atoms with Crippen LogP contribution in [-0.2, 0) is 15.7 Å². The maximum absolute atomic E-state index is 12.9. The van der Waals surface area contributed by atoms with E-state index in [4.69, 9.17) is 4.74 Å². The first-order valence-corrected chi connectivity index (χ1v) is 9.39. The molecule has 0 aliphatic carbocycles. The number of carbonyl (C=O) groups excluding carboxylic acids is 2. The Balaban J connectivity index is 1.55. The molecule has 2 aromatic rings. The van der Waals surface area contributed by atoms with Gasteiger partial charge < -0.3 is 15.0 Å². The maximum atomic E-state index is 12.9. The van der Waals surface area contributed by atoms with E-state index in [-0.39, 0.29) is 18.0 Å². The monoisotopic (exact) mass is 421 g/mol. The second-order valence-electron chi connectivity index (χ2n) is 6.90. The number of carbonyl (C=O) groups is 2. The Morgan fingerprint density at radius 2 is 1.73 bits per heavy atom. The summed E-state index contributed by atoms with van der Waals surface area (Å²) < 4.78 is 43.5. The summed E-state index contributed by atoms with van der Waals surface area (Å²) in [6.45, 7) is 2.19. The zero-order valence-corrected chi connectivity index (χ0v) is 16.4. The Hall–Kier alpha value is -3.07. The molecule has 1 aliphatic rings. The molecule has 0 atom stereocenters. The molecule has 1 saturated heterocycles. The van der Waals surface area contributed by atoms with Crippen molar-refractivity contribution in [2.24, 2.45) is 0 Å². The number of piperazine rings is 1. The first kappa shape index (κ1) is 21.6. The highest BCUT2D eigenvalue weighted by Gasteiger charge is 2.31. The molecule has 6 nitrogen and oxygen atoms in total. The summed E-state index contributed by atoms with van der Waals surface area (Å²) in [5.74, 6) is -0.820. The van der Waals surface area contributed by atoms with Crippen molar-refractivity contribution in [2.75, 3.05) is 50.1 Å². The number of hydrogen-bond donors (Lipinski definition) is 1. The normalized spacial score (nSPS) is 15.0. The fourth-order valence-electron chi connectivity index (χ4n) is 3.32. The quantitative estimate of drug-likeness (QED) is 0.751. The fraction of sp³-hybridized carbons (Fsp3) is 0.333. The molecule has 3 rings (SSSR count). The van der Waals surface area contributed by atoms with Crippen molar-refractivity contribution in [3.05, 3.63) is 59.7 Å². The number of alkyl halides is 3. The topological polar surface area (TPSA) is 61.9 Å². The highest BCUT2D eigenvalue weighted by molar-refractivity contribution is 6.01. The number of nitrogens with zero attached hydrogens (tertiary/aromatic N) is 2. The van der Waals surface area contributed by atoms with Gasteiger partial charge in [-0.1, -0.05) is 18.2 Å². The zero-order chi connectivity index (χ0) is 21.7. The van der Waals surface area contributed by atoms with E-state index in [9.17, 15) is 22.8 Å². The number of benzene rings is 2. The van der Waals surface area contributed by atoms with Gasteiger partial charge in [0, 0.05) is 31.9 Å². The van der Waals surface area contributed by atoms with Gasteiger partial charge in [0.1, 0.15) is 0 Å². The minimum absolute atomic E-state index is 0.117. The predicted molar refractivity (Wildman–Crippen MR) is 107 cm³/mol. The lowest BCUT2D eigenvalue weighted by molar-refractivity contribution is -0.137. The number of hydrogen-bond acceptors (Lipinski definition) is 5. The molecule has 1 heterocycles. The Labute approximate surface area is 172 Å². The van der Waals surface area contributed by atoms with Gasteiger partial charge in [0.15, 0.2) is 0 Å². The van der Waals surface area contributed by atoms with Gasteiger partial charge in [0.05, 0.1) is 30.5 Å². The van der Waals surface area contributed by atoms with Gasteiger partial charge in [-0.25, -0.2) is 4.79 Å². The van der Waals surface area contributed by atoms with Crippen molar-refractivity contribution in [1.29, 1.82) is 0 Å². The second-order valence-corrected chi connectivity index (χ2v) is 6.90. The first-order chi connectivity index (χ1) is 14.3. The maximum Gasteiger partial charge on any atom is 0.416 e. The van der Waals surface area contributed by atoms with Crippen LogP contribution in [-0.4, -0.2) is 56.6 Å². The van der Waals surface area contributed by atoms with E-state index in [0.717, 1.165) is 12.1 Å². The average molecular weight is 421 g/mol. The number of anilines is 2. The van der Waals surface area contributed by atoms with Crippen molar-refractivity contribution in [2.45, 2.75) is 6.18 Å². The number of para-hydroxylation sites is 1. The molecule has 0 spiro atoms. The van der Waals surface area contributed by atoms with Crippen LogP contribution in [0.3, 0.4) is 0 Å². The summed E-state index contributed by atoms with van der Waals surface area (Å²) in [7, 11) is 1.27. The number of nitrogens with one attached hydrogen (secondary N) is 1. The van der Waals surface area contributed by atoms with Crippen LogP contribution in [0.1, 0.15) is 15.9 Å². The Bertz CT molecular complexity index is 910. The molecular formula is C21H22F3N3O3. The molecule has 0 saturated carbocycles. The molecule has 9 heteroatoms. The van der Waals surface area contributed by atoms with Crippen LogP contribution in [0.5, 0.6) is 0 Å². The average Bonchev–Trinajstić information content (AvgIpc) is 2.73. The van der Waals surface area contributed by atoms with E-state index >= 15 is 0 Å².